The summed E-state index contributed by atoms with van der Waals surface area (Å²) in [6, 6.07) is 8.70. The quantitative estimate of drug-likeness (QED) is 0.869. The van der Waals surface area contributed by atoms with Crippen molar-refractivity contribution >= 4 is 29.1 Å². The summed E-state index contributed by atoms with van der Waals surface area (Å²) in [5.41, 5.74) is 3.02. The number of halogens is 1. The molecule has 3 amide bonds. The first kappa shape index (κ1) is 19.1. The zero-order chi connectivity index (χ0) is 20.7. The van der Waals surface area contributed by atoms with Crippen molar-refractivity contribution in [2.24, 2.45) is 0 Å². The number of amides is 3. The average Bonchev–Trinajstić information content (AvgIpc) is 3.16. The Balaban J connectivity index is 1.67. The van der Waals surface area contributed by atoms with Crippen LogP contribution >= 0.6 is 0 Å². The van der Waals surface area contributed by atoms with Gasteiger partial charge >= 0.3 is 0 Å². The Morgan fingerprint density at radius 1 is 1.21 bits per heavy atom. The molecule has 2 aromatic rings. The van der Waals surface area contributed by atoms with Crippen LogP contribution in [-0.4, -0.2) is 41.8 Å². The maximum absolute atomic E-state index is 14.0. The number of benzene rings is 2. The van der Waals surface area contributed by atoms with Crippen molar-refractivity contribution in [2.75, 3.05) is 23.3 Å². The summed E-state index contributed by atoms with van der Waals surface area (Å²) in [7, 11) is 0. The fraction of sp³-hybridized carbons (Fsp3) is 0.318. The zero-order valence-corrected chi connectivity index (χ0v) is 16.4. The van der Waals surface area contributed by atoms with Gasteiger partial charge in [0.25, 0.3) is 5.91 Å². The molecule has 29 heavy (non-hydrogen) atoms. The van der Waals surface area contributed by atoms with Gasteiger partial charge in [-0.25, -0.2) is 4.39 Å². The largest absolute Gasteiger partial charge is 0.327 e. The third-order valence-electron chi connectivity index (χ3n) is 5.73. The van der Waals surface area contributed by atoms with Gasteiger partial charge in [-0.15, -0.1) is 0 Å². The highest BCUT2D eigenvalue weighted by atomic mass is 19.1. The Morgan fingerprint density at radius 3 is 2.79 bits per heavy atom. The van der Waals surface area contributed by atoms with Gasteiger partial charge in [0.15, 0.2) is 0 Å². The van der Waals surface area contributed by atoms with Crippen molar-refractivity contribution < 1.29 is 18.8 Å². The lowest BCUT2D eigenvalue weighted by Gasteiger charge is -2.25. The third kappa shape index (κ3) is 3.37. The number of carbonyl (C=O) groups is 3. The van der Waals surface area contributed by atoms with Gasteiger partial charge in [0.05, 0.1) is 11.3 Å². The van der Waals surface area contributed by atoms with E-state index in [0.29, 0.717) is 18.7 Å². The molecular formula is C22H22FN3O3. The first-order chi connectivity index (χ1) is 13.9. The minimum atomic E-state index is -0.619. The Labute approximate surface area is 168 Å². The minimum Gasteiger partial charge on any atom is -0.327 e. The summed E-state index contributed by atoms with van der Waals surface area (Å²) in [6.07, 6.45) is 1.26. The lowest BCUT2D eigenvalue weighted by molar-refractivity contribution is -0.124. The second-order valence-electron chi connectivity index (χ2n) is 7.54. The summed E-state index contributed by atoms with van der Waals surface area (Å²) in [5.74, 6) is -1.61. The molecule has 2 aliphatic rings. The van der Waals surface area contributed by atoms with Crippen LogP contribution in [0.4, 0.5) is 15.8 Å². The third-order valence-corrected chi connectivity index (χ3v) is 5.73. The van der Waals surface area contributed by atoms with E-state index in [1.54, 1.807) is 6.07 Å². The smallest absolute Gasteiger partial charge is 0.256 e. The fourth-order valence-electron chi connectivity index (χ4n) is 4.01. The number of hydrogen-bond donors (Lipinski definition) is 1. The molecule has 1 atom stereocenters. The van der Waals surface area contributed by atoms with Crippen LogP contribution in [0, 0.1) is 19.7 Å². The van der Waals surface area contributed by atoms with Gasteiger partial charge in [-0.3, -0.25) is 14.4 Å². The van der Waals surface area contributed by atoms with Gasteiger partial charge in [-0.05, 0) is 62.1 Å². The van der Waals surface area contributed by atoms with E-state index in [4.69, 9.17) is 0 Å². The van der Waals surface area contributed by atoms with Crippen molar-refractivity contribution in [2.45, 2.75) is 32.7 Å². The molecule has 1 fully saturated rings. The molecule has 2 aliphatic heterocycles. The molecule has 0 bridgehead atoms. The normalized spacial score (nSPS) is 18.4. The van der Waals surface area contributed by atoms with E-state index in [0.717, 1.165) is 23.6 Å². The topological polar surface area (TPSA) is 69.7 Å². The molecule has 1 N–H and O–H groups in total. The van der Waals surface area contributed by atoms with Gasteiger partial charge in [0.1, 0.15) is 18.4 Å². The van der Waals surface area contributed by atoms with Crippen molar-refractivity contribution in [1.29, 1.82) is 0 Å². The Hall–Kier alpha value is -3.22. The van der Waals surface area contributed by atoms with Crippen molar-refractivity contribution in [3.05, 3.63) is 58.9 Å². The van der Waals surface area contributed by atoms with Crippen LogP contribution in [0.1, 0.15) is 34.3 Å². The molecule has 0 aliphatic carbocycles. The summed E-state index contributed by atoms with van der Waals surface area (Å²) in [6.45, 7) is 4.04. The highest BCUT2D eigenvalue weighted by Crippen LogP contribution is 2.33. The summed E-state index contributed by atoms with van der Waals surface area (Å²) < 4.78 is 14.0. The Kier molecular flexibility index (Phi) is 4.82. The summed E-state index contributed by atoms with van der Waals surface area (Å²) in [4.78, 5) is 41.6. The molecule has 0 saturated carbocycles. The number of rotatable bonds is 3. The van der Waals surface area contributed by atoms with E-state index >= 15 is 0 Å². The van der Waals surface area contributed by atoms with Gasteiger partial charge < -0.3 is 15.1 Å². The van der Waals surface area contributed by atoms with E-state index in [1.807, 2.05) is 26.0 Å². The Bertz CT molecular complexity index is 1020. The van der Waals surface area contributed by atoms with Crippen LogP contribution in [0.25, 0.3) is 0 Å². The molecular weight excluding hydrogens is 373 g/mol. The fourth-order valence-corrected chi connectivity index (χ4v) is 4.01. The molecule has 4 rings (SSSR count). The van der Waals surface area contributed by atoms with Crippen LogP contribution in [-0.2, 0) is 9.59 Å². The number of nitrogens with zero attached hydrogens (tertiary/aromatic N) is 2. The zero-order valence-electron chi connectivity index (χ0n) is 16.4. The highest BCUT2D eigenvalue weighted by molar-refractivity contribution is 6.13. The molecule has 1 unspecified atom stereocenters. The molecule has 0 aromatic heterocycles. The first-order valence-corrected chi connectivity index (χ1v) is 9.65. The van der Waals surface area contributed by atoms with E-state index in [-0.39, 0.29) is 29.6 Å². The number of carbonyl (C=O) groups excluding carboxylic acids is 3. The van der Waals surface area contributed by atoms with Crippen molar-refractivity contribution in [3.8, 4) is 0 Å². The summed E-state index contributed by atoms with van der Waals surface area (Å²) >= 11 is 0. The van der Waals surface area contributed by atoms with Crippen LogP contribution in [0.3, 0.4) is 0 Å². The van der Waals surface area contributed by atoms with Gasteiger partial charge in [0, 0.05) is 12.2 Å². The van der Waals surface area contributed by atoms with Crippen molar-refractivity contribution in [3.63, 3.8) is 0 Å². The predicted octanol–water partition coefficient (Wildman–Crippen LogP) is 3.03. The summed E-state index contributed by atoms with van der Waals surface area (Å²) in [5, 5.41) is 2.83. The maximum Gasteiger partial charge on any atom is 0.256 e. The second kappa shape index (κ2) is 7.31. The SMILES string of the molecule is Cc1cccc(NC(=O)CN2C(=O)C3CCCN3C(=O)c3ccc(F)cc32)c1C. The van der Waals surface area contributed by atoms with Crippen LogP contribution in [0.2, 0.25) is 0 Å². The molecule has 2 aromatic carbocycles. The number of anilines is 2. The number of aryl methyl sites for hydroxylation is 1. The monoisotopic (exact) mass is 395 g/mol. The lowest BCUT2D eigenvalue weighted by atomic mass is 10.1. The van der Waals surface area contributed by atoms with Gasteiger partial charge in [0.2, 0.25) is 11.8 Å². The van der Waals surface area contributed by atoms with E-state index in [1.165, 1.54) is 21.9 Å². The van der Waals surface area contributed by atoms with E-state index in [9.17, 15) is 18.8 Å². The maximum atomic E-state index is 14.0. The molecule has 0 radical (unpaired) electrons. The molecule has 1 saturated heterocycles. The molecule has 0 spiro atoms. The highest BCUT2D eigenvalue weighted by Gasteiger charge is 2.42. The molecule has 6 nitrogen and oxygen atoms in total. The van der Waals surface area contributed by atoms with Crippen LogP contribution in [0.5, 0.6) is 0 Å². The molecule has 150 valence electrons. The average molecular weight is 395 g/mol. The number of hydrogen-bond acceptors (Lipinski definition) is 3. The van der Waals surface area contributed by atoms with E-state index in [2.05, 4.69) is 5.32 Å². The van der Waals surface area contributed by atoms with E-state index < -0.39 is 17.8 Å². The first-order valence-electron chi connectivity index (χ1n) is 9.65. The van der Waals surface area contributed by atoms with Crippen LogP contribution in [0.15, 0.2) is 36.4 Å². The molecule has 2 heterocycles. The minimum absolute atomic E-state index is 0.144. The second-order valence-corrected chi connectivity index (χ2v) is 7.54. The molecule has 7 heteroatoms. The van der Waals surface area contributed by atoms with Gasteiger partial charge in [-0.2, -0.15) is 0 Å². The van der Waals surface area contributed by atoms with Crippen LogP contribution < -0.4 is 10.2 Å². The predicted molar refractivity (Wildman–Crippen MR) is 107 cm³/mol. The van der Waals surface area contributed by atoms with Gasteiger partial charge in [-0.1, -0.05) is 12.1 Å². The Morgan fingerprint density at radius 2 is 2.00 bits per heavy atom. The number of fused-ring (bicyclic) bond motifs is 2. The lowest BCUT2D eigenvalue weighted by Crippen LogP contribution is -2.47. The van der Waals surface area contributed by atoms with Crippen molar-refractivity contribution in [1.82, 2.24) is 4.90 Å². The number of nitrogens with one attached hydrogen (secondary N) is 1. The standard InChI is InChI=1S/C22H22FN3O3/c1-13-5-3-6-17(14(13)2)24-20(27)12-26-19-11-15(23)8-9-16(19)21(28)25-10-4-7-18(25)22(26)29/h3,5-6,8-9,11,18H,4,7,10,12H2,1-2H3,(H,24,27).